The first kappa shape index (κ1) is 16.3. The van der Waals surface area contributed by atoms with E-state index in [2.05, 4.69) is 31.5 Å². The highest BCUT2D eigenvalue weighted by Crippen LogP contribution is 2.18. The maximum absolute atomic E-state index is 12.0. The minimum absolute atomic E-state index is 0.0786. The van der Waals surface area contributed by atoms with Crippen LogP contribution in [0.1, 0.15) is 6.92 Å². The first-order chi connectivity index (χ1) is 10.1. The highest BCUT2D eigenvalue weighted by molar-refractivity contribution is 9.10. The summed E-state index contributed by atoms with van der Waals surface area (Å²) in [6, 6.07) is 7.50. The standard InChI is InChI=1S/C15H22BrN3O2/c1-12(21-14-4-2-3-13(16)11-14)15(20)18-7-10-19-8-5-17-6-9-19/h2-4,11-12,17H,5-10H2,1H3,(H,18,20). The average molecular weight is 356 g/mol. The molecule has 1 aliphatic rings. The quantitative estimate of drug-likeness (QED) is 0.805. The predicted molar refractivity (Wildman–Crippen MR) is 86.6 cm³/mol. The molecule has 1 amide bonds. The molecule has 0 spiro atoms. The third kappa shape index (κ3) is 5.65. The number of hydrogen-bond donors (Lipinski definition) is 2. The summed E-state index contributed by atoms with van der Waals surface area (Å²) in [5, 5.41) is 6.24. The SMILES string of the molecule is CC(Oc1cccc(Br)c1)C(=O)NCCN1CCNCC1. The minimum atomic E-state index is -0.498. The maximum Gasteiger partial charge on any atom is 0.260 e. The van der Waals surface area contributed by atoms with Gasteiger partial charge in [0.1, 0.15) is 5.75 Å². The smallest absolute Gasteiger partial charge is 0.260 e. The van der Waals surface area contributed by atoms with Crippen molar-refractivity contribution >= 4 is 21.8 Å². The van der Waals surface area contributed by atoms with E-state index in [-0.39, 0.29) is 5.91 Å². The van der Waals surface area contributed by atoms with Crippen LogP contribution in [0.5, 0.6) is 5.75 Å². The number of halogens is 1. The fourth-order valence-electron chi connectivity index (χ4n) is 2.21. The summed E-state index contributed by atoms with van der Waals surface area (Å²) in [6.07, 6.45) is -0.498. The Morgan fingerprint density at radius 3 is 2.95 bits per heavy atom. The number of nitrogens with zero attached hydrogens (tertiary/aromatic N) is 1. The molecule has 0 bridgehead atoms. The number of rotatable bonds is 6. The van der Waals surface area contributed by atoms with Crippen LogP contribution in [0.25, 0.3) is 0 Å². The predicted octanol–water partition coefficient (Wildman–Crippen LogP) is 1.24. The maximum atomic E-state index is 12.0. The summed E-state index contributed by atoms with van der Waals surface area (Å²) < 4.78 is 6.57. The molecule has 1 unspecified atom stereocenters. The molecule has 6 heteroatoms. The highest BCUT2D eigenvalue weighted by Gasteiger charge is 2.15. The number of hydrogen-bond acceptors (Lipinski definition) is 4. The molecule has 21 heavy (non-hydrogen) atoms. The third-order valence-corrected chi connectivity index (χ3v) is 3.91. The lowest BCUT2D eigenvalue weighted by molar-refractivity contribution is -0.127. The van der Waals surface area contributed by atoms with Crippen LogP contribution in [0, 0.1) is 0 Å². The van der Waals surface area contributed by atoms with E-state index in [1.807, 2.05) is 24.3 Å². The van der Waals surface area contributed by atoms with Crippen molar-refractivity contribution in [3.05, 3.63) is 28.7 Å². The van der Waals surface area contributed by atoms with Gasteiger partial charge in [0, 0.05) is 43.7 Å². The summed E-state index contributed by atoms with van der Waals surface area (Å²) in [4.78, 5) is 14.3. The van der Waals surface area contributed by atoms with Crippen LogP contribution in [-0.4, -0.2) is 56.2 Å². The van der Waals surface area contributed by atoms with Crippen LogP contribution < -0.4 is 15.4 Å². The lowest BCUT2D eigenvalue weighted by Gasteiger charge is -2.27. The zero-order valence-corrected chi connectivity index (χ0v) is 13.9. The second-order valence-corrected chi connectivity index (χ2v) is 6.02. The summed E-state index contributed by atoms with van der Waals surface area (Å²) in [6.45, 7) is 7.44. The zero-order chi connectivity index (χ0) is 15.1. The van der Waals surface area contributed by atoms with Crippen molar-refractivity contribution < 1.29 is 9.53 Å². The van der Waals surface area contributed by atoms with Crippen molar-refractivity contribution in [3.63, 3.8) is 0 Å². The molecule has 1 aromatic rings. The molecule has 116 valence electrons. The van der Waals surface area contributed by atoms with Crippen molar-refractivity contribution in [1.82, 2.24) is 15.5 Å². The van der Waals surface area contributed by atoms with Crippen molar-refractivity contribution in [2.75, 3.05) is 39.3 Å². The molecule has 2 rings (SSSR count). The molecule has 1 aromatic carbocycles. The van der Waals surface area contributed by atoms with Gasteiger partial charge in [0.15, 0.2) is 6.10 Å². The van der Waals surface area contributed by atoms with Crippen LogP contribution in [-0.2, 0) is 4.79 Å². The van der Waals surface area contributed by atoms with Gasteiger partial charge in [0.2, 0.25) is 0 Å². The molecule has 0 aromatic heterocycles. The zero-order valence-electron chi connectivity index (χ0n) is 12.3. The number of carbonyl (C=O) groups excluding carboxylic acids is 1. The van der Waals surface area contributed by atoms with E-state index in [1.54, 1.807) is 6.92 Å². The highest BCUT2D eigenvalue weighted by atomic mass is 79.9. The summed E-state index contributed by atoms with van der Waals surface area (Å²) >= 11 is 3.38. The average Bonchev–Trinajstić information content (AvgIpc) is 2.48. The van der Waals surface area contributed by atoms with Gasteiger partial charge in [0.05, 0.1) is 0 Å². The van der Waals surface area contributed by atoms with E-state index < -0.39 is 6.10 Å². The van der Waals surface area contributed by atoms with Gasteiger partial charge in [-0.1, -0.05) is 22.0 Å². The van der Waals surface area contributed by atoms with Crippen LogP contribution in [0.15, 0.2) is 28.7 Å². The Kier molecular flexibility index (Phi) is 6.48. The van der Waals surface area contributed by atoms with Crippen LogP contribution in [0.3, 0.4) is 0 Å². The summed E-state index contributed by atoms with van der Waals surface area (Å²) in [5.74, 6) is 0.610. The van der Waals surface area contributed by atoms with Crippen molar-refractivity contribution in [1.29, 1.82) is 0 Å². The van der Waals surface area contributed by atoms with E-state index in [0.29, 0.717) is 12.3 Å². The van der Waals surface area contributed by atoms with Gasteiger partial charge < -0.3 is 15.4 Å². The Labute approximate surface area is 134 Å². The lowest BCUT2D eigenvalue weighted by Crippen LogP contribution is -2.47. The van der Waals surface area contributed by atoms with Gasteiger partial charge >= 0.3 is 0 Å². The molecule has 5 nitrogen and oxygen atoms in total. The van der Waals surface area contributed by atoms with E-state index in [0.717, 1.165) is 37.2 Å². The molecule has 0 aliphatic carbocycles. The number of carbonyl (C=O) groups is 1. The van der Waals surface area contributed by atoms with E-state index in [1.165, 1.54) is 0 Å². The molecule has 2 N–H and O–H groups in total. The molecule has 1 saturated heterocycles. The van der Waals surface area contributed by atoms with Crippen molar-refractivity contribution in [2.45, 2.75) is 13.0 Å². The van der Waals surface area contributed by atoms with Gasteiger partial charge in [0.25, 0.3) is 5.91 Å². The van der Waals surface area contributed by atoms with Gasteiger partial charge in [-0.05, 0) is 25.1 Å². The topological polar surface area (TPSA) is 53.6 Å². The van der Waals surface area contributed by atoms with E-state index in [4.69, 9.17) is 4.74 Å². The number of benzene rings is 1. The monoisotopic (exact) mass is 355 g/mol. The first-order valence-electron chi connectivity index (χ1n) is 7.28. The van der Waals surface area contributed by atoms with Crippen LogP contribution in [0.2, 0.25) is 0 Å². The van der Waals surface area contributed by atoms with Gasteiger partial charge in [-0.3, -0.25) is 9.69 Å². The molecule has 1 atom stereocenters. The Hall–Kier alpha value is -1.11. The lowest BCUT2D eigenvalue weighted by atomic mass is 10.3. The van der Waals surface area contributed by atoms with Crippen LogP contribution in [0.4, 0.5) is 0 Å². The van der Waals surface area contributed by atoms with Crippen molar-refractivity contribution in [3.8, 4) is 5.75 Å². The minimum Gasteiger partial charge on any atom is -0.481 e. The van der Waals surface area contributed by atoms with Crippen molar-refractivity contribution in [2.24, 2.45) is 0 Å². The molecular weight excluding hydrogens is 334 g/mol. The van der Waals surface area contributed by atoms with Gasteiger partial charge in [-0.2, -0.15) is 0 Å². The first-order valence-corrected chi connectivity index (χ1v) is 8.07. The van der Waals surface area contributed by atoms with Gasteiger partial charge in [-0.25, -0.2) is 0 Å². The fourth-order valence-corrected chi connectivity index (χ4v) is 2.59. The summed E-state index contributed by atoms with van der Waals surface area (Å²) in [7, 11) is 0. The Morgan fingerprint density at radius 1 is 1.48 bits per heavy atom. The molecule has 1 fully saturated rings. The van der Waals surface area contributed by atoms with E-state index in [9.17, 15) is 4.79 Å². The van der Waals surface area contributed by atoms with Crippen LogP contribution >= 0.6 is 15.9 Å². The Morgan fingerprint density at radius 2 is 2.24 bits per heavy atom. The molecular formula is C15H22BrN3O2. The van der Waals surface area contributed by atoms with Gasteiger partial charge in [-0.15, -0.1) is 0 Å². The number of nitrogens with one attached hydrogen (secondary N) is 2. The van der Waals surface area contributed by atoms with E-state index >= 15 is 0 Å². The number of ether oxygens (including phenoxy) is 1. The summed E-state index contributed by atoms with van der Waals surface area (Å²) in [5.41, 5.74) is 0. The number of amides is 1. The molecule has 1 heterocycles. The second-order valence-electron chi connectivity index (χ2n) is 5.10. The normalized spacial score (nSPS) is 17.2. The molecule has 0 radical (unpaired) electrons. The Balaban J connectivity index is 1.69. The number of piperazine rings is 1. The largest absolute Gasteiger partial charge is 0.481 e. The molecule has 0 saturated carbocycles. The second kappa shape index (κ2) is 8.36. The third-order valence-electron chi connectivity index (χ3n) is 3.42. The fraction of sp³-hybridized carbons (Fsp3) is 0.533. The molecule has 1 aliphatic heterocycles. The Bertz CT molecular complexity index is 464.